The van der Waals surface area contributed by atoms with Crippen LogP contribution in [-0.4, -0.2) is 39.5 Å². The largest absolute Gasteiger partial charge is 0.358 e. The number of aliphatic imine (C=N–C) groups is 2. The van der Waals surface area contributed by atoms with Crippen LogP contribution < -0.4 is 5.32 Å². The van der Waals surface area contributed by atoms with E-state index in [-0.39, 0.29) is 12.0 Å². The normalized spacial score (nSPS) is 19.6. The van der Waals surface area contributed by atoms with E-state index in [0.717, 1.165) is 24.8 Å². The number of allylic oxidation sites excluding steroid dienone is 1. The fourth-order valence-electron chi connectivity index (χ4n) is 4.50. The van der Waals surface area contributed by atoms with Crippen LogP contribution >= 0.6 is 0 Å². The number of rotatable bonds is 4. The van der Waals surface area contributed by atoms with E-state index in [1.165, 1.54) is 34.4 Å². The predicted molar refractivity (Wildman–Crippen MR) is 134 cm³/mol. The molecule has 2 aromatic heterocycles. The number of nitrogens with zero attached hydrogens (tertiary/aromatic N) is 5. The summed E-state index contributed by atoms with van der Waals surface area (Å²) in [6.45, 7) is 9.99. The molecular weight excluding hydrogens is 429 g/mol. The van der Waals surface area contributed by atoms with Crippen LogP contribution in [0, 0.1) is 11.7 Å². The van der Waals surface area contributed by atoms with Crippen LogP contribution in [0.25, 0.3) is 10.9 Å². The third-order valence-corrected chi connectivity index (χ3v) is 6.58. The lowest BCUT2D eigenvalue weighted by Crippen LogP contribution is -2.47. The molecule has 5 rings (SSSR count). The molecule has 0 amide bonds. The van der Waals surface area contributed by atoms with Crippen molar-refractivity contribution in [3.63, 3.8) is 0 Å². The zero-order chi connectivity index (χ0) is 23.8. The summed E-state index contributed by atoms with van der Waals surface area (Å²) in [5.41, 5.74) is 5.35. The van der Waals surface area contributed by atoms with Gasteiger partial charge in [0.2, 0.25) is 5.96 Å². The summed E-state index contributed by atoms with van der Waals surface area (Å²) in [4.78, 5) is 17.0. The molecule has 0 bridgehead atoms. The Bertz CT molecular complexity index is 1350. The van der Waals surface area contributed by atoms with E-state index in [4.69, 9.17) is 9.98 Å². The molecule has 0 saturated heterocycles. The number of pyridine rings is 1. The third-order valence-electron chi connectivity index (χ3n) is 6.58. The van der Waals surface area contributed by atoms with Gasteiger partial charge in [-0.15, -0.1) is 0 Å². The van der Waals surface area contributed by atoms with Gasteiger partial charge < -0.3 is 10.3 Å². The first-order valence-corrected chi connectivity index (χ1v) is 11.6. The van der Waals surface area contributed by atoms with E-state index >= 15 is 0 Å². The molecule has 1 aliphatic carbocycles. The smallest absolute Gasteiger partial charge is 0.228 e. The Balaban J connectivity index is 1.51. The van der Waals surface area contributed by atoms with Crippen molar-refractivity contribution in [1.82, 2.24) is 20.3 Å². The number of aromatic amines is 1. The minimum Gasteiger partial charge on any atom is -0.358 e. The average molecular weight is 458 g/mol. The highest BCUT2D eigenvalue weighted by molar-refractivity contribution is 6.08. The SMILES string of the molecule is C=NN1C(N[C@@H]2CCc3[nH]c4ccccc4c3C2)=NC(c2cncc(F)c2)=N/C1=C(/C)C(C)C. The number of amidine groups is 1. The van der Waals surface area contributed by atoms with Gasteiger partial charge in [-0.3, -0.25) is 4.98 Å². The Kier molecular flexibility index (Phi) is 5.73. The van der Waals surface area contributed by atoms with Crippen molar-refractivity contribution in [3.8, 4) is 0 Å². The van der Waals surface area contributed by atoms with Crippen LogP contribution in [0.2, 0.25) is 0 Å². The molecule has 2 N–H and O–H groups in total. The number of guanidine groups is 1. The van der Waals surface area contributed by atoms with E-state index in [9.17, 15) is 4.39 Å². The van der Waals surface area contributed by atoms with E-state index in [1.807, 2.05) is 6.92 Å². The van der Waals surface area contributed by atoms with Gasteiger partial charge in [0.05, 0.1) is 6.20 Å². The summed E-state index contributed by atoms with van der Waals surface area (Å²) < 4.78 is 13.9. The Labute approximate surface area is 198 Å². The molecule has 3 heterocycles. The number of halogens is 1. The highest BCUT2D eigenvalue weighted by Gasteiger charge is 2.29. The molecule has 0 fully saturated rings. The van der Waals surface area contributed by atoms with Gasteiger partial charge in [-0.25, -0.2) is 9.38 Å². The number of aromatic nitrogens is 2. The number of hydrazone groups is 1. The molecule has 1 aliphatic heterocycles. The molecular formula is C26H28FN7. The second-order valence-corrected chi connectivity index (χ2v) is 9.09. The lowest BCUT2D eigenvalue weighted by atomic mass is 9.91. The first-order valence-electron chi connectivity index (χ1n) is 11.6. The molecule has 7 nitrogen and oxygen atoms in total. The Morgan fingerprint density at radius 3 is 2.85 bits per heavy atom. The fraction of sp³-hybridized carbons (Fsp3) is 0.308. The number of benzene rings is 1. The molecule has 0 unspecified atom stereocenters. The molecule has 0 spiro atoms. The first kappa shape index (κ1) is 22.0. The van der Waals surface area contributed by atoms with Gasteiger partial charge in [0, 0.05) is 41.1 Å². The van der Waals surface area contributed by atoms with Crippen LogP contribution in [0.15, 0.2) is 69.2 Å². The number of hydrogen-bond donors (Lipinski definition) is 2. The molecule has 0 radical (unpaired) electrons. The second kappa shape index (κ2) is 8.85. The van der Waals surface area contributed by atoms with E-state index in [2.05, 4.69) is 65.2 Å². The zero-order valence-electron chi connectivity index (χ0n) is 19.6. The topological polar surface area (TPSA) is 81.0 Å². The lowest BCUT2D eigenvalue weighted by Gasteiger charge is -2.32. The average Bonchev–Trinajstić information content (AvgIpc) is 3.21. The van der Waals surface area contributed by atoms with Crippen LogP contribution in [0.3, 0.4) is 0 Å². The van der Waals surface area contributed by atoms with Gasteiger partial charge >= 0.3 is 0 Å². The minimum absolute atomic E-state index is 0.153. The van der Waals surface area contributed by atoms with Gasteiger partial charge in [-0.2, -0.15) is 15.1 Å². The molecule has 1 aromatic carbocycles. The predicted octanol–water partition coefficient (Wildman–Crippen LogP) is 4.77. The quantitative estimate of drug-likeness (QED) is 0.554. The van der Waals surface area contributed by atoms with Crippen LogP contribution in [0.4, 0.5) is 4.39 Å². The van der Waals surface area contributed by atoms with Crippen LogP contribution in [-0.2, 0) is 12.8 Å². The van der Waals surface area contributed by atoms with E-state index in [1.54, 1.807) is 11.2 Å². The van der Waals surface area contributed by atoms with E-state index < -0.39 is 5.82 Å². The Hall–Kier alpha value is -3.81. The van der Waals surface area contributed by atoms with Crippen molar-refractivity contribution in [1.29, 1.82) is 0 Å². The van der Waals surface area contributed by atoms with Gasteiger partial charge in [0.1, 0.15) is 5.82 Å². The lowest BCUT2D eigenvalue weighted by molar-refractivity contribution is 0.456. The molecule has 2 aliphatic rings. The summed E-state index contributed by atoms with van der Waals surface area (Å²) in [7, 11) is 0. The monoisotopic (exact) mass is 457 g/mol. The number of para-hydroxylation sites is 1. The zero-order valence-corrected chi connectivity index (χ0v) is 19.6. The van der Waals surface area contributed by atoms with Crippen molar-refractivity contribution >= 4 is 29.4 Å². The maximum absolute atomic E-state index is 13.9. The highest BCUT2D eigenvalue weighted by atomic mass is 19.1. The number of hydrogen-bond acceptors (Lipinski definition) is 6. The molecule has 3 aromatic rings. The summed E-state index contributed by atoms with van der Waals surface area (Å²) >= 11 is 0. The van der Waals surface area contributed by atoms with Gasteiger partial charge in [0.15, 0.2) is 11.7 Å². The van der Waals surface area contributed by atoms with Crippen molar-refractivity contribution in [2.45, 2.75) is 46.1 Å². The van der Waals surface area contributed by atoms with Crippen molar-refractivity contribution in [2.75, 3.05) is 0 Å². The van der Waals surface area contributed by atoms with Crippen LogP contribution in [0.5, 0.6) is 0 Å². The summed E-state index contributed by atoms with van der Waals surface area (Å²) in [6.07, 6.45) is 5.49. The van der Waals surface area contributed by atoms with Gasteiger partial charge in [-0.1, -0.05) is 32.0 Å². The molecule has 0 saturated carbocycles. The maximum atomic E-state index is 13.9. The maximum Gasteiger partial charge on any atom is 0.228 e. The van der Waals surface area contributed by atoms with Gasteiger partial charge in [0.25, 0.3) is 0 Å². The molecule has 174 valence electrons. The number of fused-ring (bicyclic) bond motifs is 3. The molecule has 1 atom stereocenters. The molecule has 34 heavy (non-hydrogen) atoms. The fourth-order valence-corrected chi connectivity index (χ4v) is 4.50. The summed E-state index contributed by atoms with van der Waals surface area (Å²) in [6, 6.07) is 9.95. The van der Waals surface area contributed by atoms with Crippen molar-refractivity contribution in [3.05, 3.63) is 76.8 Å². The molecule has 8 heteroatoms. The van der Waals surface area contributed by atoms with Crippen molar-refractivity contribution < 1.29 is 4.39 Å². The first-order chi connectivity index (χ1) is 16.4. The van der Waals surface area contributed by atoms with Crippen LogP contribution in [0.1, 0.15) is 44.0 Å². The number of aryl methyl sites for hydroxylation is 1. The Morgan fingerprint density at radius 2 is 2.09 bits per heavy atom. The third kappa shape index (κ3) is 4.00. The minimum atomic E-state index is -0.431. The standard InChI is InChI=1S/C26H28FN7/c1-15(2)16(3)25-32-24(17-11-18(27)14-29-13-17)33-26(34(25)28-4)30-19-9-10-23-21(12-19)20-7-5-6-8-22(20)31-23/h5-8,11,13-15,19,31H,4,9-10,12H2,1-3H3,(H,30,32,33)/b25-16+/t19-/m1/s1. The summed E-state index contributed by atoms with van der Waals surface area (Å²) in [5, 5.41) is 10.7. The summed E-state index contributed by atoms with van der Waals surface area (Å²) in [5.74, 6) is 1.38. The number of H-pyrrole nitrogens is 1. The number of nitrogens with one attached hydrogen (secondary N) is 2. The van der Waals surface area contributed by atoms with Gasteiger partial charge in [-0.05, 0) is 55.4 Å². The highest BCUT2D eigenvalue weighted by Crippen LogP contribution is 2.30. The second-order valence-electron chi connectivity index (χ2n) is 9.09. The van der Waals surface area contributed by atoms with E-state index in [0.29, 0.717) is 23.2 Å². The Morgan fingerprint density at radius 1 is 1.26 bits per heavy atom. The van der Waals surface area contributed by atoms with Crippen molar-refractivity contribution in [2.24, 2.45) is 21.0 Å².